The highest BCUT2D eigenvalue weighted by atomic mass is 15.2. The molecule has 19 heavy (non-hydrogen) atoms. The standard InChI is InChI=1S/C16H19N3/c1-2-8-16(19-10-3-4-11-19)15(7-1)18-13-14-6-5-9-17-12-14/h1-2,5-9,12,18H,3-4,10-11,13H2. The van der Waals surface area contributed by atoms with Gasteiger partial charge in [-0.1, -0.05) is 18.2 Å². The lowest BCUT2D eigenvalue weighted by molar-refractivity contribution is 0.949. The van der Waals surface area contributed by atoms with Crippen LogP contribution in [0.15, 0.2) is 48.8 Å². The average Bonchev–Trinajstić information content (AvgIpc) is 3.01. The molecule has 2 aromatic rings. The van der Waals surface area contributed by atoms with Gasteiger partial charge >= 0.3 is 0 Å². The third-order valence-corrected chi connectivity index (χ3v) is 3.56. The van der Waals surface area contributed by atoms with Gasteiger partial charge in [0, 0.05) is 32.0 Å². The Labute approximate surface area is 114 Å². The molecule has 0 atom stereocenters. The van der Waals surface area contributed by atoms with Crippen molar-refractivity contribution in [2.75, 3.05) is 23.3 Å². The van der Waals surface area contributed by atoms with Gasteiger partial charge in [0.05, 0.1) is 11.4 Å². The van der Waals surface area contributed by atoms with Crippen LogP contribution in [0.1, 0.15) is 18.4 Å². The van der Waals surface area contributed by atoms with E-state index in [-0.39, 0.29) is 0 Å². The summed E-state index contributed by atoms with van der Waals surface area (Å²) < 4.78 is 0. The number of nitrogens with zero attached hydrogens (tertiary/aromatic N) is 2. The van der Waals surface area contributed by atoms with Gasteiger partial charge in [0.15, 0.2) is 0 Å². The van der Waals surface area contributed by atoms with Crippen molar-refractivity contribution in [1.29, 1.82) is 0 Å². The number of rotatable bonds is 4. The Morgan fingerprint density at radius 1 is 1.05 bits per heavy atom. The number of hydrogen-bond donors (Lipinski definition) is 1. The molecule has 1 N–H and O–H groups in total. The molecule has 0 saturated carbocycles. The first kappa shape index (κ1) is 12.0. The Balaban J connectivity index is 1.73. The fourth-order valence-electron chi connectivity index (χ4n) is 2.56. The molecule has 3 nitrogen and oxygen atoms in total. The molecule has 1 aliphatic heterocycles. The number of nitrogens with one attached hydrogen (secondary N) is 1. The second kappa shape index (κ2) is 5.74. The Morgan fingerprint density at radius 3 is 2.68 bits per heavy atom. The average molecular weight is 253 g/mol. The predicted molar refractivity (Wildman–Crippen MR) is 79.5 cm³/mol. The van der Waals surface area contributed by atoms with Crippen LogP contribution in [0.3, 0.4) is 0 Å². The molecular weight excluding hydrogens is 234 g/mol. The summed E-state index contributed by atoms with van der Waals surface area (Å²) in [4.78, 5) is 6.61. The maximum Gasteiger partial charge on any atom is 0.0602 e. The molecular formula is C16H19N3. The van der Waals surface area contributed by atoms with Crippen LogP contribution in [0.5, 0.6) is 0 Å². The minimum absolute atomic E-state index is 0.818. The van der Waals surface area contributed by atoms with Crippen molar-refractivity contribution in [3.05, 3.63) is 54.4 Å². The van der Waals surface area contributed by atoms with E-state index >= 15 is 0 Å². The molecule has 1 fully saturated rings. The second-order valence-electron chi connectivity index (χ2n) is 4.93. The maximum atomic E-state index is 4.15. The van der Waals surface area contributed by atoms with E-state index in [1.54, 1.807) is 0 Å². The summed E-state index contributed by atoms with van der Waals surface area (Å²) in [6.07, 6.45) is 6.32. The number of benzene rings is 1. The van der Waals surface area contributed by atoms with Crippen LogP contribution in [0.4, 0.5) is 11.4 Å². The zero-order valence-electron chi connectivity index (χ0n) is 11.0. The summed E-state index contributed by atoms with van der Waals surface area (Å²) in [5.74, 6) is 0. The Morgan fingerprint density at radius 2 is 1.89 bits per heavy atom. The molecule has 0 unspecified atom stereocenters. The monoisotopic (exact) mass is 253 g/mol. The number of aromatic nitrogens is 1. The van der Waals surface area contributed by atoms with E-state index in [9.17, 15) is 0 Å². The fourth-order valence-corrected chi connectivity index (χ4v) is 2.56. The lowest BCUT2D eigenvalue weighted by Crippen LogP contribution is -2.19. The van der Waals surface area contributed by atoms with Gasteiger partial charge in [-0.05, 0) is 36.6 Å². The van der Waals surface area contributed by atoms with E-state index in [2.05, 4.69) is 45.5 Å². The van der Waals surface area contributed by atoms with Crippen molar-refractivity contribution < 1.29 is 0 Å². The predicted octanol–water partition coefficient (Wildman–Crippen LogP) is 3.29. The summed E-state index contributed by atoms with van der Waals surface area (Å²) in [5, 5.41) is 3.52. The summed E-state index contributed by atoms with van der Waals surface area (Å²) in [6, 6.07) is 12.6. The van der Waals surface area contributed by atoms with Crippen LogP contribution < -0.4 is 10.2 Å². The molecule has 0 radical (unpaired) electrons. The minimum Gasteiger partial charge on any atom is -0.379 e. The topological polar surface area (TPSA) is 28.2 Å². The Bertz CT molecular complexity index is 519. The van der Waals surface area contributed by atoms with Crippen molar-refractivity contribution in [3.8, 4) is 0 Å². The highest BCUT2D eigenvalue weighted by Crippen LogP contribution is 2.28. The summed E-state index contributed by atoms with van der Waals surface area (Å²) >= 11 is 0. The molecule has 0 bridgehead atoms. The van der Waals surface area contributed by atoms with E-state index in [4.69, 9.17) is 0 Å². The minimum atomic E-state index is 0.818. The first-order chi connectivity index (χ1) is 9.43. The number of para-hydroxylation sites is 2. The number of pyridine rings is 1. The molecule has 3 heteroatoms. The van der Waals surface area contributed by atoms with Gasteiger partial charge in [0.1, 0.15) is 0 Å². The molecule has 1 aromatic carbocycles. The molecule has 0 spiro atoms. The molecule has 3 rings (SSSR count). The van der Waals surface area contributed by atoms with E-state index in [1.807, 2.05) is 18.5 Å². The van der Waals surface area contributed by atoms with Crippen LogP contribution in [-0.4, -0.2) is 18.1 Å². The third kappa shape index (κ3) is 2.87. The van der Waals surface area contributed by atoms with Crippen LogP contribution in [0, 0.1) is 0 Å². The smallest absolute Gasteiger partial charge is 0.0602 e. The molecule has 98 valence electrons. The lowest BCUT2D eigenvalue weighted by Gasteiger charge is -2.22. The summed E-state index contributed by atoms with van der Waals surface area (Å²) in [6.45, 7) is 3.16. The van der Waals surface area contributed by atoms with Crippen molar-refractivity contribution in [2.45, 2.75) is 19.4 Å². The van der Waals surface area contributed by atoms with Gasteiger partial charge in [0.2, 0.25) is 0 Å². The Kier molecular flexibility index (Phi) is 3.63. The number of anilines is 2. The van der Waals surface area contributed by atoms with Crippen LogP contribution >= 0.6 is 0 Å². The first-order valence-corrected chi connectivity index (χ1v) is 6.90. The second-order valence-corrected chi connectivity index (χ2v) is 4.93. The van der Waals surface area contributed by atoms with Gasteiger partial charge in [-0.3, -0.25) is 4.98 Å². The van der Waals surface area contributed by atoms with Gasteiger partial charge in [-0.2, -0.15) is 0 Å². The fraction of sp³-hybridized carbons (Fsp3) is 0.312. The third-order valence-electron chi connectivity index (χ3n) is 3.56. The normalized spacial score (nSPS) is 14.6. The maximum absolute atomic E-state index is 4.15. The molecule has 2 heterocycles. The zero-order valence-corrected chi connectivity index (χ0v) is 11.0. The lowest BCUT2D eigenvalue weighted by atomic mass is 10.2. The van der Waals surface area contributed by atoms with Gasteiger partial charge in [-0.15, -0.1) is 0 Å². The Hall–Kier alpha value is -2.03. The largest absolute Gasteiger partial charge is 0.379 e. The van der Waals surface area contributed by atoms with Crippen LogP contribution in [0.2, 0.25) is 0 Å². The van der Waals surface area contributed by atoms with E-state index < -0.39 is 0 Å². The zero-order chi connectivity index (χ0) is 12.9. The van der Waals surface area contributed by atoms with Crippen molar-refractivity contribution in [2.24, 2.45) is 0 Å². The molecule has 1 aromatic heterocycles. The molecule has 0 amide bonds. The molecule has 1 aliphatic rings. The number of hydrogen-bond acceptors (Lipinski definition) is 3. The van der Waals surface area contributed by atoms with Gasteiger partial charge in [0.25, 0.3) is 0 Å². The van der Waals surface area contributed by atoms with Crippen molar-refractivity contribution >= 4 is 11.4 Å². The highest BCUT2D eigenvalue weighted by molar-refractivity contribution is 5.70. The summed E-state index contributed by atoms with van der Waals surface area (Å²) in [5.41, 5.74) is 3.75. The van der Waals surface area contributed by atoms with Crippen molar-refractivity contribution in [1.82, 2.24) is 4.98 Å². The first-order valence-electron chi connectivity index (χ1n) is 6.90. The molecule has 0 aliphatic carbocycles. The van der Waals surface area contributed by atoms with E-state index in [0.29, 0.717) is 0 Å². The quantitative estimate of drug-likeness (QED) is 0.906. The van der Waals surface area contributed by atoms with Crippen LogP contribution in [-0.2, 0) is 6.54 Å². The summed E-state index contributed by atoms with van der Waals surface area (Å²) in [7, 11) is 0. The van der Waals surface area contributed by atoms with Crippen LogP contribution in [0.25, 0.3) is 0 Å². The molecule has 1 saturated heterocycles. The SMILES string of the molecule is c1cncc(CNc2ccccc2N2CCCC2)c1. The van der Waals surface area contributed by atoms with Crippen molar-refractivity contribution in [3.63, 3.8) is 0 Å². The highest BCUT2D eigenvalue weighted by Gasteiger charge is 2.14. The van der Waals surface area contributed by atoms with Gasteiger partial charge in [-0.25, -0.2) is 0 Å². The van der Waals surface area contributed by atoms with E-state index in [0.717, 1.165) is 6.54 Å². The van der Waals surface area contributed by atoms with Gasteiger partial charge < -0.3 is 10.2 Å². The van der Waals surface area contributed by atoms with E-state index in [1.165, 1.54) is 42.9 Å².